The molecule has 1 aromatic carbocycles. The van der Waals surface area contributed by atoms with Gasteiger partial charge in [0.1, 0.15) is 0 Å². The van der Waals surface area contributed by atoms with Crippen molar-refractivity contribution in [1.29, 1.82) is 0 Å². The highest BCUT2D eigenvalue weighted by Gasteiger charge is 2.15. The van der Waals surface area contributed by atoms with E-state index in [1.165, 1.54) is 22.3 Å². The molecule has 0 spiro atoms. The van der Waals surface area contributed by atoms with E-state index >= 15 is 0 Å². The van der Waals surface area contributed by atoms with E-state index in [4.69, 9.17) is 4.98 Å². The monoisotopic (exact) mass is 282 g/mol. The molecule has 21 heavy (non-hydrogen) atoms. The van der Waals surface area contributed by atoms with E-state index in [-0.39, 0.29) is 0 Å². The van der Waals surface area contributed by atoms with Crippen LogP contribution >= 0.6 is 0 Å². The molecular formula is C17H22N4. The number of hydrogen-bond donors (Lipinski definition) is 1. The average Bonchev–Trinajstić information content (AvgIpc) is 2.47. The molecule has 0 unspecified atom stereocenters. The van der Waals surface area contributed by atoms with Gasteiger partial charge in [0.05, 0.1) is 5.69 Å². The zero-order valence-corrected chi connectivity index (χ0v) is 13.0. The fourth-order valence-corrected chi connectivity index (χ4v) is 3.09. The van der Waals surface area contributed by atoms with Crippen LogP contribution in [0.3, 0.4) is 0 Å². The number of benzene rings is 1. The highest BCUT2D eigenvalue weighted by Crippen LogP contribution is 2.27. The van der Waals surface area contributed by atoms with Gasteiger partial charge < -0.3 is 10.2 Å². The molecule has 3 rings (SSSR count). The second-order valence-electron chi connectivity index (χ2n) is 5.75. The van der Waals surface area contributed by atoms with Crippen LogP contribution in [0.5, 0.6) is 0 Å². The predicted octanol–water partition coefficient (Wildman–Crippen LogP) is 2.48. The van der Waals surface area contributed by atoms with Crippen molar-refractivity contribution in [2.24, 2.45) is 0 Å². The molecule has 1 aliphatic rings. The van der Waals surface area contributed by atoms with Gasteiger partial charge in [-0.2, -0.15) is 0 Å². The molecule has 1 saturated heterocycles. The van der Waals surface area contributed by atoms with Crippen LogP contribution in [0.25, 0.3) is 11.3 Å². The first-order valence-corrected chi connectivity index (χ1v) is 7.52. The Hall–Kier alpha value is -1.94. The van der Waals surface area contributed by atoms with Crippen molar-refractivity contribution in [2.45, 2.75) is 20.8 Å². The average molecular weight is 282 g/mol. The largest absolute Gasteiger partial charge is 0.338 e. The van der Waals surface area contributed by atoms with E-state index in [1.807, 2.05) is 12.3 Å². The zero-order valence-electron chi connectivity index (χ0n) is 13.0. The third kappa shape index (κ3) is 2.90. The van der Waals surface area contributed by atoms with Crippen molar-refractivity contribution < 1.29 is 0 Å². The number of nitrogens with one attached hydrogen (secondary N) is 1. The lowest BCUT2D eigenvalue weighted by Gasteiger charge is -2.27. The van der Waals surface area contributed by atoms with Crippen molar-refractivity contribution in [1.82, 2.24) is 15.3 Å². The molecule has 0 atom stereocenters. The molecule has 2 aromatic rings. The van der Waals surface area contributed by atoms with Crippen LogP contribution in [0.15, 0.2) is 24.4 Å². The minimum absolute atomic E-state index is 0.841. The summed E-state index contributed by atoms with van der Waals surface area (Å²) in [6.45, 7) is 10.4. The van der Waals surface area contributed by atoms with Crippen LogP contribution in [-0.4, -0.2) is 36.1 Å². The predicted molar refractivity (Wildman–Crippen MR) is 86.8 cm³/mol. The highest BCUT2D eigenvalue weighted by atomic mass is 15.3. The van der Waals surface area contributed by atoms with Gasteiger partial charge in [-0.15, -0.1) is 0 Å². The molecule has 2 heterocycles. The number of rotatable bonds is 2. The normalized spacial score (nSPS) is 15.3. The van der Waals surface area contributed by atoms with Crippen LogP contribution in [0.2, 0.25) is 0 Å². The standard InChI is InChI=1S/C17H22N4/c1-12-10-13(2)16(14(3)11-12)15-4-5-19-17(20-15)21-8-6-18-7-9-21/h4-5,10-11,18H,6-9H2,1-3H3. The lowest BCUT2D eigenvalue weighted by molar-refractivity contribution is 0.580. The van der Waals surface area contributed by atoms with Gasteiger partial charge in [-0.05, 0) is 38.0 Å². The summed E-state index contributed by atoms with van der Waals surface area (Å²) in [7, 11) is 0. The Morgan fingerprint density at radius 1 is 1.05 bits per heavy atom. The lowest BCUT2D eigenvalue weighted by atomic mass is 9.97. The van der Waals surface area contributed by atoms with Gasteiger partial charge in [0.15, 0.2) is 0 Å². The first-order valence-electron chi connectivity index (χ1n) is 7.52. The number of hydrogen-bond acceptors (Lipinski definition) is 4. The summed E-state index contributed by atoms with van der Waals surface area (Å²) >= 11 is 0. The van der Waals surface area contributed by atoms with E-state index < -0.39 is 0 Å². The van der Waals surface area contributed by atoms with Crippen LogP contribution < -0.4 is 10.2 Å². The fourth-order valence-electron chi connectivity index (χ4n) is 3.09. The Morgan fingerprint density at radius 3 is 2.38 bits per heavy atom. The van der Waals surface area contributed by atoms with Crippen molar-refractivity contribution in [3.05, 3.63) is 41.1 Å². The number of aromatic nitrogens is 2. The summed E-state index contributed by atoms with van der Waals surface area (Å²) in [6.07, 6.45) is 1.87. The highest BCUT2D eigenvalue weighted by molar-refractivity contribution is 5.68. The molecule has 1 fully saturated rings. The number of anilines is 1. The third-order valence-corrected chi connectivity index (χ3v) is 3.98. The zero-order chi connectivity index (χ0) is 14.8. The smallest absolute Gasteiger partial charge is 0.225 e. The molecule has 0 amide bonds. The van der Waals surface area contributed by atoms with Crippen LogP contribution in [0.4, 0.5) is 5.95 Å². The number of aryl methyl sites for hydroxylation is 3. The van der Waals surface area contributed by atoms with Gasteiger partial charge in [-0.1, -0.05) is 17.7 Å². The quantitative estimate of drug-likeness (QED) is 0.919. The third-order valence-electron chi connectivity index (χ3n) is 3.98. The summed E-state index contributed by atoms with van der Waals surface area (Å²) in [4.78, 5) is 11.5. The second kappa shape index (κ2) is 5.82. The van der Waals surface area contributed by atoms with E-state index in [9.17, 15) is 0 Å². The summed E-state index contributed by atoms with van der Waals surface area (Å²) in [5.41, 5.74) is 6.10. The van der Waals surface area contributed by atoms with Crippen LogP contribution in [0, 0.1) is 20.8 Å². The first-order chi connectivity index (χ1) is 10.1. The molecule has 110 valence electrons. The maximum Gasteiger partial charge on any atom is 0.225 e. The van der Waals surface area contributed by atoms with Gasteiger partial charge in [0.25, 0.3) is 0 Å². The van der Waals surface area contributed by atoms with Crippen LogP contribution in [-0.2, 0) is 0 Å². The van der Waals surface area contributed by atoms with E-state index in [0.29, 0.717) is 0 Å². The summed E-state index contributed by atoms with van der Waals surface area (Å²) < 4.78 is 0. The number of nitrogens with zero attached hydrogens (tertiary/aromatic N) is 3. The SMILES string of the molecule is Cc1cc(C)c(-c2ccnc(N3CCNCC3)n2)c(C)c1. The Balaban J connectivity index is 2.00. The van der Waals surface area contributed by atoms with Crippen LogP contribution in [0.1, 0.15) is 16.7 Å². The Morgan fingerprint density at radius 2 is 1.71 bits per heavy atom. The van der Waals surface area contributed by atoms with Gasteiger partial charge in [0, 0.05) is 37.9 Å². The van der Waals surface area contributed by atoms with Gasteiger partial charge >= 0.3 is 0 Å². The molecule has 0 saturated carbocycles. The molecule has 1 aliphatic heterocycles. The fraction of sp³-hybridized carbons (Fsp3) is 0.412. The van der Waals surface area contributed by atoms with Crippen molar-refractivity contribution >= 4 is 5.95 Å². The van der Waals surface area contributed by atoms with Gasteiger partial charge in [0.2, 0.25) is 5.95 Å². The Labute approximate surface area is 126 Å². The summed E-state index contributed by atoms with van der Waals surface area (Å²) in [5.74, 6) is 0.841. The summed E-state index contributed by atoms with van der Waals surface area (Å²) in [5, 5.41) is 3.36. The molecule has 0 radical (unpaired) electrons. The summed E-state index contributed by atoms with van der Waals surface area (Å²) in [6, 6.07) is 6.44. The minimum Gasteiger partial charge on any atom is -0.338 e. The molecule has 4 nitrogen and oxygen atoms in total. The van der Waals surface area contributed by atoms with Crippen molar-refractivity contribution in [3.8, 4) is 11.3 Å². The molecule has 1 N–H and O–H groups in total. The second-order valence-corrected chi connectivity index (χ2v) is 5.75. The Bertz CT molecular complexity index is 622. The maximum absolute atomic E-state index is 4.81. The Kier molecular flexibility index (Phi) is 3.88. The van der Waals surface area contributed by atoms with Gasteiger partial charge in [-0.25, -0.2) is 9.97 Å². The maximum atomic E-state index is 4.81. The first kappa shape index (κ1) is 14.0. The molecular weight excluding hydrogens is 260 g/mol. The molecule has 0 aliphatic carbocycles. The topological polar surface area (TPSA) is 41.1 Å². The van der Waals surface area contributed by atoms with E-state index in [1.54, 1.807) is 0 Å². The van der Waals surface area contributed by atoms with E-state index in [0.717, 1.165) is 37.8 Å². The molecule has 4 heteroatoms. The molecule has 1 aromatic heterocycles. The minimum atomic E-state index is 0.841. The van der Waals surface area contributed by atoms with Crippen molar-refractivity contribution in [3.63, 3.8) is 0 Å². The van der Waals surface area contributed by atoms with Crippen molar-refractivity contribution in [2.75, 3.05) is 31.1 Å². The lowest BCUT2D eigenvalue weighted by Crippen LogP contribution is -2.44. The number of piperazine rings is 1. The van der Waals surface area contributed by atoms with Gasteiger partial charge in [-0.3, -0.25) is 0 Å². The van der Waals surface area contributed by atoms with E-state index in [2.05, 4.69) is 48.1 Å². The molecule has 0 bridgehead atoms.